The Morgan fingerprint density at radius 1 is 1.31 bits per heavy atom. The zero-order valence-corrected chi connectivity index (χ0v) is 23.8. The molecule has 1 aliphatic carbocycles. The van der Waals surface area contributed by atoms with Crippen LogP contribution >= 0.6 is 34.9 Å². The summed E-state index contributed by atoms with van der Waals surface area (Å²) in [5.41, 5.74) is -0.284. The summed E-state index contributed by atoms with van der Waals surface area (Å²) in [6.07, 6.45) is -0.0196. The van der Waals surface area contributed by atoms with E-state index >= 15 is 4.39 Å². The fourth-order valence-corrected chi connectivity index (χ4v) is 6.94. The lowest BCUT2D eigenvalue weighted by Crippen LogP contribution is -2.23. The van der Waals surface area contributed by atoms with Crippen LogP contribution in [0.5, 0.6) is 0 Å². The van der Waals surface area contributed by atoms with Gasteiger partial charge in [-0.25, -0.2) is 31.9 Å². The van der Waals surface area contributed by atoms with E-state index in [0.717, 1.165) is 18.0 Å². The summed E-state index contributed by atoms with van der Waals surface area (Å²) in [5.74, 6) is -0.530. The zero-order chi connectivity index (χ0) is 28.1. The van der Waals surface area contributed by atoms with E-state index in [4.69, 9.17) is 16.4 Å². The first-order valence-corrected chi connectivity index (χ1v) is 15.3. The molecule has 1 unspecified atom stereocenters. The Balaban J connectivity index is 1.63. The second-order valence-electron chi connectivity index (χ2n) is 9.34. The van der Waals surface area contributed by atoms with Crippen LogP contribution in [0.15, 0.2) is 40.3 Å². The van der Waals surface area contributed by atoms with Crippen molar-refractivity contribution in [3.05, 3.63) is 46.4 Å². The van der Waals surface area contributed by atoms with Gasteiger partial charge in [0.15, 0.2) is 21.0 Å². The lowest BCUT2D eigenvalue weighted by Gasteiger charge is -2.15. The summed E-state index contributed by atoms with van der Waals surface area (Å²) in [4.78, 5) is 6.73. The van der Waals surface area contributed by atoms with Crippen molar-refractivity contribution in [3.63, 3.8) is 0 Å². The molecule has 0 aliphatic heterocycles. The van der Waals surface area contributed by atoms with Gasteiger partial charge in [-0.3, -0.25) is 4.40 Å². The summed E-state index contributed by atoms with van der Waals surface area (Å²) in [5, 5.41) is 17.2. The van der Waals surface area contributed by atoms with Gasteiger partial charge in [0.25, 0.3) is 6.43 Å². The van der Waals surface area contributed by atoms with E-state index in [1.807, 2.05) is 0 Å². The highest BCUT2D eigenvalue weighted by Gasteiger charge is 2.40. The molecule has 3 aromatic heterocycles. The van der Waals surface area contributed by atoms with Crippen LogP contribution in [-0.4, -0.2) is 65.9 Å². The Morgan fingerprint density at radius 3 is 2.67 bits per heavy atom. The number of aromatic nitrogens is 4. The minimum absolute atomic E-state index is 0.0159. The standard InChI is InChI=1S/C23H23ClF3N7O2S3/c1-33(2)7-8-39(28,36)13-3-4-14(16(25)10-13)15-9-12(38-32-23(35)5-6-23)11-34-17(15)18(24)29-20(34)22-31-30-21(37-22)19(26)27/h3-4,9-11,19,28,32,35H,5-8H2,1-2H3. The van der Waals surface area contributed by atoms with Crippen molar-refractivity contribution in [2.75, 3.05) is 26.4 Å². The second-order valence-corrected chi connectivity index (χ2v) is 13.8. The molecule has 5 rings (SSSR count). The minimum Gasteiger partial charge on any atom is -0.375 e. The monoisotopic (exact) mass is 617 g/mol. The molecule has 1 fully saturated rings. The zero-order valence-electron chi connectivity index (χ0n) is 20.6. The number of nitrogens with zero attached hydrogens (tertiary/aromatic N) is 5. The molecule has 9 nitrogen and oxygen atoms in total. The highest BCUT2D eigenvalue weighted by molar-refractivity contribution is 7.97. The molecule has 1 aromatic carbocycles. The number of alkyl halides is 2. The summed E-state index contributed by atoms with van der Waals surface area (Å²) >= 11 is 8.28. The lowest BCUT2D eigenvalue weighted by atomic mass is 10.1. The quantitative estimate of drug-likeness (QED) is 0.162. The van der Waals surface area contributed by atoms with Crippen molar-refractivity contribution in [1.82, 2.24) is 29.2 Å². The Labute approximate surface area is 235 Å². The molecule has 0 bridgehead atoms. The number of fused-ring (bicyclic) bond motifs is 1. The van der Waals surface area contributed by atoms with E-state index < -0.39 is 32.7 Å². The average Bonchev–Trinajstić information content (AvgIpc) is 3.26. The van der Waals surface area contributed by atoms with E-state index in [0.29, 0.717) is 46.7 Å². The molecule has 0 radical (unpaired) electrons. The fourth-order valence-electron chi connectivity index (χ4n) is 3.69. The summed E-state index contributed by atoms with van der Waals surface area (Å²) < 4.78 is 67.7. The smallest absolute Gasteiger partial charge is 0.291 e. The van der Waals surface area contributed by atoms with Crippen LogP contribution in [0.4, 0.5) is 13.2 Å². The third-order valence-electron chi connectivity index (χ3n) is 6.01. The van der Waals surface area contributed by atoms with Gasteiger partial charge in [0, 0.05) is 34.5 Å². The number of pyridine rings is 1. The van der Waals surface area contributed by atoms with Gasteiger partial charge in [-0.15, -0.1) is 10.2 Å². The summed E-state index contributed by atoms with van der Waals surface area (Å²) in [7, 11) is 0.362. The van der Waals surface area contributed by atoms with Crippen LogP contribution in [-0.2, 0) is 9.73 Å². The SMILES string of the molecule is CN(C)CCS(=N)(=O)c1ccc(-c2cc(SNC3(O)CC3)cn3c(-c4nnc(C(F)F)s4)nc(Cl)c23)c(F)c1. The fraction of sp³-hybridized carbons (Fsp3) is 0.348. The Hall–Kier alpha value is -2.27. The van der Waals surface area contributed by atoms with Gasteiger partial charge in [0.1, 0.15) is 11.5 Å². The van der Waals surface area contributed by atoms with Gasteiger partial charge in [-0.05, 0) is 57.1 Å². The molecule has 39 heavy (non-hydrogen) atoms. The van der Waals surface area contributed by atoms with E-state index in [1.54, 1.807) is 31.3 Å². The topological polar surface area (TPSA) is 120 Å². The van der Waals surface area contributed by atoms with Crippen molar-refractivity contribution in [2.24, 2.45) is 0 Å². The maximum absolute atomic E-state index is 15.6. The second kappa shape index (κ2) is 10.6. The first-order valence-electron chi connectivity index (χ1n) is 11.6. The molecule has 4 aromatic rings. The van der Waals surface area contributed by atoms with Crippen molar-refractivity contribution < 1.29 is 22.5 Å². The average molecular weight is 618 g/mol. The number of nitrogens with one attached hydrogen (secondary N) is 2. The number of rotatable bonds is 10. The van der Waals surface area contributed by atoms with Crippen molar-refractivity contribution >= 4 is 50.1 Å². The molecule has 0 spiro atoms. The van der Waals surface area contributed by atoms with E-state index in [9.17, 15) is 18.1 Å². The number of aliphatic hydroxyl groups is 1. The van der Waals surface area contributed by atoms with Crippen LogP contribution in [0, 0.1) is 10.6 Å². The molecule has 3 heterocycles. The third-order valence-corrected chi connectivity index (χ3v) is 9.91. The van der Waals surface area contributed by atoms with Crippen molar-refractivity contribution in [2.45, 2.75) is 34.8 Å². The van der Waals surface area contributed by atoms with Crippen LogP contribution in [0.25, 0.3) is 27.5 Å². The molecule has 16 heteroatoms. The highest BCUT2D eigenvalue weighted by atomic mass is 35.5. The number of hydrogen-bond donors (Lipinski definition) is 3. The van der Waals surface area contributed by atoms with E-state index in [2.05, 4.69) is 19.9 Å². The van der Waals surface area contributed by atoms with Gasteiger partial charge >= 0.3 is 0 Å². The highest BCUT2D eigenvalue weighted by Crippen LogP contribution is 2.40. The predicted octanol–water partition coefficient (Wildman–Crippen LogP) is 5.30. The first-order chi connectivity index (χ1) is 18.4. The molecule has 1 saturated carbocycles. The van der Waals surface area contributed by atoms with Crippen molar-refractivity contribution in [3.8, 4) is 22.0 Å². The van der Waals surface area contributed by atoms with Gasteiger partial charge in [-0.1, -0.05) is 29.0 Å². The summed E-state index contributed by atoms with van der Waals surface area (Å²) in [6.45, 7) is 0.401. The Bertz CT molecular complexity index is 1660. The minimum atomic E-state index is -3.23. The molecule has 0 amide bonds. The van der Waals surface area contributed by atoms with Gasteiger partial charge in [0.2, 0.25) is 0 Å². The maximum atomic E-state index is 15.6. The molecule has 1 atom stereocenters. The largest absolute Gasteiger partial charge is 0.375 e. The van der Waals surface area contributed by atoms with Gasteiger partial charge in [0.05, 0.1) is 20.1 Å². The molecular formula is C23H23ClF3N7O2S3. The summed E-state index contributed by atoms with van der Waals surface area (Å²) in [6, 6.07) is 5.63. The normalized spacial score (nSPS) is 16.3. The third kappa shape index (κ3) is 5.94. The Morgan fingerprint density at radius 2 is 2.05 bits per heavy atom. The molecule has 3 N–H and O–H groups in total. The van der Waals surface area contributed by atoms with Gasteiger partial charge < -0.3 is 10.0 Å². The first kappa shape index (κ1) is 28.3. The maximum Gasteiger partial charge on any atom is 0.291 e. The van der Waals surface area contributed by atoms with Crippen LogP contribution in [0.2, 0.25) is 5.15 Å². The van der Waals surface area contributed by atoms with Crippen molar-refractivity contribution in [1.29, 1.82) is 4.78 Å². The number of halogens is 4. The van der Waals surface area contributed by atoms with Crippen LogP contribution in [0.1, 0.15) is 24.3 Å². The number of benzene rings is 1. The van der Waals surface area contributed by atoms with Crippen LogP contribution < -0.4 is 4.72 Å². The number of imidazole rings is 1. The Kier molecular flexibility index (Phi) is 7.69. The van der Waals surface area contributed by atoms with Gasteiger partial charge in [-0.2, -0.15) is 0 Å². The molecular weight excluding hydrogens is 595 g/mol. The lowest BCUT2D eigenvalue weighted by molar-refractivity contribution is 0.142. The van der Waals surface area contributed by atoms with Crippen LogP contribution in [0.3, 0.4) is 0 Å². The van der Waals surface area contributed by atoms with E-state index in [1.165, 1.54) is 16.5 Å². The van der Waals surface area contributed by atoms with E-state index in [-0.39, 0.29) is 32.2 Å². The number of hydrogen-bond acceptors (Lipinski definition) is 10. The predicted molar refractivity (Wildman–Crippen MR) is 145 cm³/mol. The molecule has 0 saturated heterocycles. The molecule has 1 aliphatic rings. The molecule has 208 valence electrons.